The summed E-state index contributed by atoms with van der Waals surface area (Å²) >= 11 is 0. The van der Waals surface area contributed by atoms with Crippen LogP contribution in [0.3, 0.4) is 0 Å². The van der Waals surface area contributed by atoms with Gasteiger partial charge in [0.05, 0.1) is 5.41 Å². The van der Waals surface area contributed by atoms with Crippen LogP contribution in [-0.2, 0) is 9.59 Å². The van der Waals surface area contributed by atoms with E-state index in [-0.39, 0.29) is 36.6 Å². The lowest BCUT2D eigenvalue weighted by Gasteiger charge is -2.34. The molecule has 0 aliphatic carbocycles. The zero-order chi connectivity index (χ0) is 15.9. The fourth-order valence-corrected chi connectivity index (χ4v) is 2.75. The zero-order valence-electron chi connectivity index (χ0n) is 14.5. The molecular formula is C15H32Cl2N4O2. The molecular weight excluding hydrogens is 339 g/mol. The predicted octanol–water partition coefficient (Wildman–Crippen LogP) is 0.875. The lowest BCUT2D eigenvalue weighted by atomic mass is 9.81. The number of carbonyl (C=O) groups excluding carboxylic acids is 2. The van der Waals surface area contributed by atoms with Crippen LogP contribution in [0.5, 0.6) is 0 Å². The molecule has 0 aromatic rings. The maximum Gasteiger partial charge on any atom is 0.227 e. The molecule has 0 unspecified atom stereocenters. The molecule has 3 N–H and O–H groups in total. The van der Waals surface area contributed by atoms with E-state index in [0.29, 0.717) is 13.1 Å². The number of nitrogens with zero attached hydrogens (tertiary/aromatic N) is 2. The Balaban J connectivity index is 0. The lowest BCUT2D eigenvalue weighted by Crippen LogP contribution is -2.51. The first-order valence-electron chi connectivity index (χ1n) is 7.95. The molecule has 0 aromatic carbocycles. The fraction of sp³-hybridized carbons (Fsp3) is 0.867. The Labute approximate surface area is 152 Å². The first kappa shape index (κ1) is 24.7. The van der Waals surface area contributed by atoms with E-state index in [4.69, 9.17) is 5.73 Å². The van der Waals surface area contributed by atoms with Crippen molar-refractivity contribution >= 4 is 36.6 Å². The van der Waals surface area contributed by atoms with Gasteiger partial charge in [0.2, 0.25) is 11.8 Å². The molecule has 1 saturated heterocycles. The average Bonchev–Trinajstić information content (AvgIpc) is 2.50. The number of rotatable bonds is 7. The van der Waals surface area contributed by atoms with Crippen molar-refractivity contribution in [1.29, 1.82) is 0 Å². The third-order valence-electron chi connectivity index (χ3n) is 4.76. The summed E-state index contributed by atoms with van der Waals surface area (Å²) in [6.07, 6.45) is 1.53. The van der Waals surface area contributed by atoms with Crippen LogP contribution in [0.2, 0.25) is 0 Å². The van der Waals surface area contributed by atoms with E-state index in [9.17, 15) is 9.59 Å². The largest absolute Gasteiger partial charge is 0.354 e. The first-order valence-corrected chi connectivity index (χ1v) is 7.95. The number of hydrogen-bond donors (Lipinski definition) is 2. The second-order valence-corrected chi connectivity index (χ2v) is 5.80. The van der Waals surface area contributed by atoms with E-state index >= 15 is 0 Å². The number of nitrogens with one attached hydrogen (secondary N) is 1. The highest BCUT2D eigenvalue weighted by atomic mass is 35.5. The van der Waals surface area contributed by atoms with Gasteiger partial charge in [0, 0.05) is 52.7 Å². The molecule has 23 heavy (non-hydrogen) atoms. The summed E-state index contributed by atoms with van der Waals surface area (Å²) in [6.45, 7) is 10.8. The summed E-state index contributed by atoms with van der Waals surface area (Å²) in [7, 11) is 0. The van der Waals surface area contributed by atoms with Gasteiger partial charge >= 0.3 is 0 Å². The molecule has 1 heterocycles. The molecule has 8 heteroatoms. The van der Waals surface area contributed by atoms with Crippen LogP contribution in [0.1, 0.15) is 33.6 Å². The summed E-state index contributed by atoms with van der Waals surface area (Å²) in [5, 5.41) is 3.02. The van der Waals surface area contributed by atoms with Crippen molar-refractivity contribution in [2.24, 2.45) is 11.1 Å². The maximum atomic E-state index is 12.3. The van der Waals surface area contributed by atoms with E-state index in [1.165, 1.54) is 0 Å². The van der Waals surface area contributed by atoms with Crippen LogP contribution in [0.4, 0.5) is 0 Å². The molecule has 0 aromatic heterocycles. The van der Waals surface area contributed by atoms with Gasteiger partial charge in [-0.2, -0.15) is 0 Å². The second-order valence-electron chi connectivity index (χ2n) is 5.80. The molecule has 1 rings (SSSR count). The summed E-state index contributed by atoms with van der Waals surface area (Å²) in [6, 6.07) is 0. The molecule has 0 atom stereocenters. The number of hydrogen-bond acceptors (Lipinski definition) is 4. The van der Waals surface area contributed by atoms with Crippen molar-refractivity contribution in [2.75, 3.05) is 45.8 Å². The van der Waals surface area contributed by atoms with Gasteiger partial charge in [-0.05, 0) is 12.8 Å². The molecule has 1 aliphatic rings. The van der Waals surface area contributed by atoms with Crippen LogP contribution >= 0.6 is 24.8 Å². The van der Waals surface area contributed by atoms with Gasteiger partial charge < -0.3 is 16.0 Å². The minimum atomic E-state index is -0.423. The fourth-order valence-electron chi connectivity index (χ4n) is 2.75. The van der Waals surface area contributed by atoms with Gasteiger partial charge in [-0.15, -0.1) is 24.8 Å². The normalized spacial score (nSPS) is 15.4. The molecule has 0 radical (unpaired) electrons. The Bertz CT molecular complexity index is 349. The second kappa shape index (κ2) is 11.9. The topological polar surface area (TPSA) is 78.7 Å². The van der Waals surface area contributed by atoms with Crippen LogP contribution in [-0.4, -0.2) is 67.4 Å². The minimum absolute atomic E-state index is 0. The first-order chi connectivity index (χ1) is 9.99. The smallest absolute Gasteiger partial charge is 0.227 e. The van der Waals surface area contributed by atoms with E-state index in [0.717, 1.165) is 45.6 Å². The molecule has 0 spiro atoms. The number of halogens is 2. The zero-order valence-corrected chi connectivity index (χ0v) is 16.1. The molecule has 0 saturated carbocycles. The van der Waals surface area contributed by atoms with E-state index in [1.54, 1.807) is 6.92 Å². The van der Waals surface area contributed by atoms with Crippen LogP contribution < -0.4 is 11.1 Å². The number of carbonyl (C=O) groups is 2. The third-order valence-corrected chi connectivity index (χ3v) is 4.76. The van der Waals surface area contributed by atoms with Gasteiger partial charge in [-0.3, -0.25) is 14.5 Å². The van der Waals surface area contributed by atoms with Crippen molar-refractivity contribution in [3.63, 3.8) is 0 Å². The number of piperazine rings is 1. The highest BCUT2D eigenvalue weighted by Crippen LogP contribution is 2.24. The quantitative estimate of drug-likeness (QED) is 0.696. The lowest BCUT2D eigenvalue weighted by molar-refractivity contribution is -0.131. The van der Waals surface area contributed by atoms with E-state index in [2.05, 4.69) is 10.2 Å². The van der Waals surface area contributed by atoms with Gasteiger partial charge in [-0.1, -0.05) is 13.8 Å². The third kappa shape index (κ3) is 6.83. The standard InChI is InChI=1S/C15H30N4O2.2ClH/c1-4-15(5-2,12-16)14(21)17-6-7-18-8-10-19(11-9-18)13(3)20;;/h4-12,16H2,1-3H3,(H,17,21);2*1H. The summed E-state index contributed by atoms with van der Waals surface area (Å²) < 4.78 is 0. The minimum Gasteiger partial charge on any atom is -0.354 e. The van der Waals surface area contributed by atoms with Crippen LogP contribution in [0.25, 0.3) is 0 Å². The number of nitrogens with two attached hydrogens (primary N) is 1. The Morgan fingerprint density at radius 3 is 2.00 bits per heavy atom. The van der Waals surface area contributed by atoms with Crippen LogP contribution in [0, 0.1) is 5.41 Å². The van der Waals surface area contributed by atoms with Crippen molar-refractivity contribution in [2.45, 2.75) is 33.6 Å². The van der Waals surface area contributed by atoms with Crippen molar-refractivity contribution in [1.82, 2.24) is 15.1 Å². The summed E-state index contributed by atoms with van der Waals surface area (Å²) in [4.78, 5) is 27.7. The predicted molar refractivity (Wildman–Crippen MR) is 98.3 cm³/mol. The maximum absolute atomic E-state index is 12.3. The Morgan fingerprint density at radius 2 is 1.61 bits per heavy atom. The van der Waals surface area contributed by atoms with Crippen molar-refractivity contribution in [3.05, 3.63) is 0 Å². The average molecular weight is 371 g/mol. The molecule has 138 valence electrons. The Hall–Kier alpha value is -0.560. The monoisotopic (exact) mass is 370 g/mol. The van der Waals surface area contributed by atoms with E-state index < -0.39 is 5.41 Å². The van der Waals surface area contributed by atoms with Gasteiger partial charge in [0.25, 0.3) is 0 Å². The van der Waals surface area contributed by atoms with Gasteiger partial charge in [-0.25, -0.2) is 0 Å². The Morgan fingerprint density at radius 1 is 1.09 bits per heavy atom. The van der Waals surface area contributed by atoms with Gasteiger partial charge in [0.15, 0.2) is 0 Å². The van der Waals surface area contributed by atoms with Crippen molar-refractivity contribution < 1.29 is 9.59 Å². The molecule has 1 fully saturated rings. The van der Waals surface area contributed by atoms with Gasteiger partial charge in [0.1, 0.15) is 0 Å². The van der Waals surface area contributed by atoms with Crippen LogP contribution in [0.15, 0.2) is 0 Å². The number of amides is 2. The highest BCUT2D eigenvalue weighted by Gasteiger charge is 2.33. The molecule has 1 aliphatic heterocycles. The molecule has 6 nitrogen and oxygen atoms in total. The molecule has 2 amide bonds. The molecule has 0 bridgehead atoms. The Kier molecular flexibility index (Phi) is 12.8. The van der Waals surface area contributed by atoms with Crippen molar-refractivity contribution in [3.8, 4) is 0 Å². The van der Waals surface area contributed by atoms with E-state index in [1.807, 2.05) is 18.7 Å². The SMILES string of the molecule is CCC(CC)(CN)C(=O)NCCN1CCN(C(C)=O)CC1.Cl.Cl. The summed E-state index contributed by atoms with van der Waals surface area (Å²) in [5.74, 6) is 0.207. The highest BCUT2D eigenvalue weighted by molar-refractivity contribution is 5.85. The summed E-state index contributed by atoms with van der Waals surface area (Å²) in [5.41, 5.74) is 5.36.